The van der Waals surface area contributed by atoms with Crippen molar-refractivity contribution >= 4 is 32.8 Å². The van der Waals surface area contributed by atoms with E-state index in [0.29, 0.717) is 23.9 Å². The zero-order chi connectivity index (χ0) is 15.7. The number of rotatable bonds is 4. The van der Waals surface area contributed by atoms with Crippen LogP contribution in [-0.2, 0) is 16.6 Å². The Morgan fingerprint density at radius 1 is 1.32 bits per heavy atom. The van der Waals surface area contributed by atoms with Crippen LogP contribution in [-0.4, -0.2) is 46.9 Å². The molecule has 0 spiro atoms. The van der Waals surface area contributed by atoms with Crippen LogP contribution in [0.3, 0.4) is 0 Å². The second-order valence-corrected chi connectivity index (χ2v) is 9.06. The first-order valence-electron chi connectivity index (χ1n) is 7.52. The summed E-state index contributed by atoms with van der Waals surface area (Å²) >= 11 is 1.80. The van der Waals surface area contributed by atoms with Gasteiger partial charge in [0.15, 0.2) is 0 Å². The Balaban J connectivity index is 2.10. The first kappa shape index (κ1) is 15.8. The lowest BCUT2D eigenvalue weighted by molar-refractivity contribution is 0.443. The number of aromatic nitrogens is 2. The topological polar surface area (TPSA) is 55.2 Å². The molecule has 22 heavy (non-hydrogen) atoms. The van der Waals surface area contributed by atoms with Crippen molar-refractivity contribution in [2.45, 2.75) is 25.3 Å². The highest BCUT2D eigenvalue weighted by molar-refractivity contribution is 7.99. The lowest BCUT2D eigenvalue weighted by atomic mass is 10.2. The molecule has 5 nitrogen and oxygen atoms in total. The van der Waals surface area contributed by atoms with Crippen LogP contribution in [0.25, 0.3) is 11.0 Å². The maximum atomic E-state index is 13.0. The van der Waals surface area contributed by atoms with Crippen LogP contribution in [0.15, 0.2) is 29.4 Å². The van der Waals surface area contributed by atoms with Crippen molar-refractivity contribution in [3.63, 3.8) is 0 Å². The van der Waals surface area contributed by atoms with Gasteiger partial charge in [0.1, 0.15) is 10.5 Å². The predicted octanol–water partition coefficient (Wildman–Crippen LogP) is 2.43. The Labute approximate surface area is 135 Å². The fourth-order valence-electron chi connectivity index (χ4n) is 2.75. The maximum Gasteiger partial charge on any atom is 0.245 e. The molecule has 1 fully saturated rings. The fraction of sp³-hybridized carbons (Fsp3) is 0.533. The molecule has 2 aromatic heterocycles. The van der Waals surface area contributed by atoms with Gasteiger partial charge in [0.05, 0.1) is 0 Å². The minimum atomic E-state index is -3.44. The van der Waals surface area contributed by atoms with Gasteiger partial charge in [-0.25, -0.2) is 13.4 Å². The third-order valence-corrected chi connectivity index (χ3v) is 6.62. The van der Waals surface area contributed by atoms with Crippen LogP contribution in [0.2, 0.25) is 0 Å². The molecule has 1 aliphatic rings. The first-order chi connectivity index (χ1) is 10.5. The highest BCUT2D eigenvalue weighted by atomic mass is 32.2. The van der Waals surface area contributed by atoms with Gasteiger partial charge in [0.25, 0.3) is 0 Å². The van der Waals surface area contributed by atoms with E-state index in [0.717, 1.165) is 29.1 Å². The molecule has 0 amide bonds. The Morgan fingerprint density at radius 2 is 2.05 bits per heavy atom. The number of sulfonamides is 1. The summed E-state index contributed by atoms with van der Waals surface area (Å²) in [6, 6.07) is 3.65. The minimum Gasteiger partial charge on any atom is -0.331 e. The number of fused-ring (bicyclic) bond motifs is 1. The van der Waals surface area contributed by atoms with Gasteiger partial charge in [-0.1, -0.05) is 13.8 Å². The molecule has 0 radical (unpaired) electrons. The van der Waals surface area contributed by atoms with E-state index in [2.05, 4.69) is 18.8 Å². The van der Waals surface area contributed by atoms with Crippen LogP contribution < -0.4 is 0 Å². The summed E-state index contributed by atoms with van der Waals surface area (Å²) in [7, 11) is -3.44. The average Bonchev–Trinajstić information content (AvgIpc) is 2.87. The SMILES string of the molecule is CC(C)Cn1cc(S(=O)(=O)N2CCSCC2)c2cccnc21. The van der Waals surface area contributed by atoms with Crippen molar-refractivity contribution in [3.05, 3.63) is 24.5 Å². The van der Waals surface area contributed by atoms with E-state index in [1.807, 2.05) is 10.6 Å². The van der Waals surface area contributed by atoms with Crippen molar-refractivity contribution in [2.24, 2.45) is 5.92 Å². The molecule has 0 atom stereocenters. The Hall–Kier alpha value is -1.05. The molecule has 0 N–H and O–H groups in total. The van der Waals surface area contributed by atoms with Crippen molar-refractivity contribution in [3.8, 4) is 0 Å². The van der Waals surface area contributed by atoms with Gasteiger partial charge >= 0.3 is 0 Å². The molecule has 0 bridgehead atoms. The lowest BCUT2D eigenvalue weighted by Crippen LogP contribution is -2.37. The van der Waals surface area contributed by atoms with E-state index in [-0.39, 0.29) is 0 Å². The normalized spacial score (nSPS) is 17.4. The summed E-state index contributed by atoms with van der Waals surface area (Å²) in [6.07, 6.45) is 3.47. The van der Waals surface area contributed by atoms with E-state index in [1.165, 1.54) is 0 Å². The highest BCUT2D eigenvalue weighted by Gasteiger charge is 2.29. The molecular weight excluding hydrogens is 318 g/mol. The van der Waals surface area contributed by atoms with Gasteiger partial charge in [0, 0.05) is 48.9 Å². The third kappa shape index (κ3) is 2.89. The largest absolute Gasteiger partial charge is 0.331 e. The van der Waals surface area contributed by atoms with E-state index in [4.69, 9.17) is 0 Å². The Bertz CT molecular complexity index is 762. The zero-order valence-electron chi connectivity index (χ0n) is 12.9. The van der Waals surface area contributed by atoms with Gasteiger partial charge in [0.2, 0.25) is 10.0 Å². The number of thioether (sulfide) groups is 1. The van der Waals surface area contributed by atoms with Crippen LogP contribution in [0.4, 0.5) is 0 Å². The second kappa shape index (κ2) is 6.22. The number of nitrogens with zero attached hydrogens (tertiary/aromatic N) is 3. The number of hydrogen-bond donors (Lipinski definition) is 0. The summed E-state index contributed by atoms with van der Waals surface area (Å²) in [4.78, 5) is 4.78. The van der Waals surface area contributed by atoms with Crippen molar-refractivity contribution in [2.75, 3.05) is 24.6 Å². The molecule has 0 unspecified atom stereocenters. The van der Waals surface area contributed by atoms with E-state index in [1.54, 1.807) is 34.5 Å². The highest BCUT2D eigenvalue weighted by Crippen LogP contribution is 2.28. The average molecular weight is 339 g/mol. The van der Waals surface area contributed by atoms with Gasteiger partial charge in [-0.2, -0.15) is 16.1 Å². The molecule has 0 saturated carbocycles. The minimum absolute atomic E-state index is 0.392. The molecule has 1 saturated heterocycles. The number of hydrogen-bond acceptors (Lipinski definition) is 4. The van der Waals surface area contributed by atoms with Gasteiger partial charge in [-0.3, -0.25) is 0 Å². The molecule has 0 aromatic carbocycles. The Morgan fingerprint density at radius 3 is 2.73 bits per heavy atom. The van der Waals surface area contributed by atoms with Gasteiger partial charge in [-0.05, 0) is 18.1 Å². The third-order valence-electron chi connectivity index (χ3n) is 3.75. The lowest BCUT2D eigenvalue weighted by Gasteiger charge is -2.25. The van der Waals surface area contributed by atoms with Gasteiger partial charge in [-0.15, -0.1) is 0 Å². The molecule has 3 rings (SSSR count). The quantitative estimate of drug-likeness (QED) is 0.858. The van der Waals surface area contributed by atoms with E-state index in [9.17, 15) is 8.42 Å². The maximum absolute atomic E-state index is 13.0. The van der Waals surface area contributed by atoms with Crippen LogP contribution in [0, 0.1) is 5.92 Å². The van der Waals surface area contributed by atoms with Crippen LogP contribution in [0.1, 0.15) is 13.8 Å². The van der Waals surface area contributed by atoms with Crippen LogP contribution >= 0.6 is 11.8 Å². The second-order valence-electron chi connectivity index (χ2n) is 5.93. The monoisotopic (exact) mass is 339 g/mol. The molecule has 1 aliphatic heterocycles. The summed E-state index contributed by atoms with van der Waals surface area (Å²) in [5, 5.41) is 0.723. The summed E-state index contributed by atoms with van der Waals surface area (Å²) < 4.78 is 29.5. The zero-order valence-corrected chi connectivity index (χ0v) is 14.5. The molecule has 3 heterocycles. The molecule has 0 aliphatic carbocycles. The summed E-state index contributed by atoms with van der Waals surface area (Å²) in [5.41, 5.74) is 0.751. The Kier molecular flexibility index (Phi) is 4.47. The smallest absolute Gasteiger partial charge is 0.245 e. The molecular formula is C15H21N3O2S2. The van der Waals surface area contributed by atoms with Crippen LogP contribution in [0.5, 0.6) is 0 Å². The first-order valence-corrected chi connectivity index (χ1v) is 10.1. The predicted molar refractivity (Wildman–Crippen MR) is 90.7 cm³/mol. The summed E-state index contributed by atoms with van der Waals surface area (Å²) in [6.45, 7) is 6.17. The van der Waals surface area contributed by atoms with E-state index < -0.39 is 10.0 Å². The standard InChI is InChI=1S/C15H21N3O2S2/c1-12(2)10-17-11-14(13-4-3-5-16-15(13)17)22(19,20)18-6-8-21-9-7-18/h3-5,11-12H,6-10H2,1-2H3. The van der Waals surface area contributed by atoms with Crippen molar-refractivity contribution in [1.29, 1.82) is 0 Å². The summed E-state index contributed by atoms with van der Waals surface area (Å²) in [5.74, 6) is 2.16. The molecule has 7 heteroatoms. The van der Waals surface area contributed by atoms with Crippen molar-refractivity contribution < 1.29 is 8.42 Å². The fourth-order valence-corrected chi connectivity index (χ4v) is 5.53. The van der Waals surface area contributed by atoms with Gasteiger partial charge < -0.3 is 4.57 Å². The number of pyridine rings is 1. The molecule has 120 valence electrons. The van der Waals surface area contributed by atoms with E-state index >= 15 is 0 Å². The van der Waals surface area contributed by atoms with Crippen molar-refractivity contribution in [1.82, 2.24) is 13.9 Å². The molecule has 2 aromatic rings.